The Hall–Kier alpha value is -2.37. The highest BCUT2D eigenvalue weighted by molar-refractivity contribution is 5.86. The maximum Gasteiger partial charge on any atom is 0.330 e. The van der Waals surface area contributed by atoms with Crippen LogP contribution in [0.15, 0.2) is 36.5 Å². The maximum absolute atomic E-state index is 10.5. The zero-order chi connectivity index (χ0) is 23.4. The van der Waals surface area contributed by atoms with Crippen molar-refractivity contribution in [2.45, 2.75) is 85.5 Å². The fourth-order valence-corrected chi connectivity index (χ4v) is 2.03. The van der Waals surface area contributed by atoms with Crippen LogP contribution in [0.4, 0.5) is 0 Å². The van der Waals surface area contributed by atoms with E-state index in [4.69, 9.17) is 15.3 Å². The van der Waals surface area contributed by atoms with E-state index in [1.807, 2.05) is 6.92 Å². The molecular formula is C23H40O6. The molecule has 0 saturated carbocycles. The summed E-state index contributed by atoms with van der Waals surface area (Å²) in [4.78, 5) is 30.5. The number of carbonyl (C=O) groups is 3. The molecule has 0 saturated heterocycles. The molecule has 0 fully saturated rings. The summed E-state index contributed by atoms with van der Waals surface area (Å²) in [6.07, 6.45) is 8.26. The Balaban J connectivity index is -0.000000370. The second kappa shape index (κ2) is 20.4. The topological polar surface area (TPSA) is 112 Å². The Labute approximate surface area is 176 Å². The van der Waals surface area contributed by atoms with Crippen molar-refractivity contribution in [3.8, 4) is 0 Å². The molecule has 0 aromatic rings. The summed E-state index contributed by atoms with van der Waals surface area (Å²) in [6, 6.07) is 0. The van der Waals surface area contributed by atoms with Crippen LogP contribution in [0.2, 0.25) is 0 Å². The summed E-state index contributed by atoms with van der Waals surface area (Å²) in [5.41, 5.74) is 0.930. The van der Waals surface area contributed by atoms with Crippen molar-refractivity contribution in [3.05, 3.63) is 36.5 Å². The van der Waals surface area contributed by atoms with Gasteiger partial charge in [-0.2, -0.15) is 0 Å². The Kier molecular flexibility index (Phi) is 22.0. The Morgan fingerprint density at radius 3 is 1.45 bits per heavy atom. The van der Waals surface area contributed by atoms with Crippen molar-refractivity contribution in [2.75, 3.05) is 0 Å². The third-order valence-corrected chi connectivity index (χ3v) is 4.24. The lowest BCUT2D eigenvalue weighted by Crippen LogP contribution is -2.06. The van der Waals surface area contributed by atoms with Crippen molar-refractivity contribution >= 4 is 17.9 Å². The zero-order valence-corrected chi connectivity index (χ0v) is 18.6. The quantitative estimate of drug-likeness (QED) is 0.316. The normalized spacial score (nSPS) is 10.3. The van der Waals surface area contributed by atoms with Crippen molar-refractivity contribution in [1.29, 1.82) is 0 Å². The lowest BCUT2D eigenvalue weighted by atomic mass is 9.92. The van der Waals surface area contributed by atoms with Crippen LogP contribution in [0.1, 0.15) is 85.5 Å². The van der Waals surface area contributed by atoms with Crippen LogP contribution in [0.3, 0.4) is 0 Å². The van der Waals surface area contributed by atoms with Gasteiger partial charge in [0.1, 0.15) is 0 Å². The molecule has 0 aromatic heterocycles. The molecule has 0 aliphatic heterocycles. The zero-order valence-electron chi connectivity index (χ0n) is 18.6. The first kappa shape index (κ1) is 31.3. The highest BCUT2D eigenvalue weighted by atomic mass is 16.4. The summed E-state index contributed by atoms with van der Waals surface area (Å²) in [5, 5.41) is 25.0. The van der Waals surface area contributed by atoms with Crippen molar-refractivity contribution in [1.82, 2.24) is 0 Å². The van der Waals surface area contributed by atoms with Gasteiger partial charge in [0.05, 0.1) is 0 Å². The van der Waals surface area contributed by atoms with Gasteiger partial charge in [-0.05, 0) is 31.6 Å². The van der Waals surface area contributed by atoms with E-state index >= 15 is 0 Å². The molecule has 3 N–H and O–H groups in total. The van der Waals surface area contributed by atoms with Gasteiger partial charge in [-0.15, -0.1) is 0 Å². The highest BCUT2D eigenvalue weighted by Crippen LogP contribution is 2.20. The van der Waals surface area contributed by atoms with E-state index < -0.39 is 17.9 Å². The Morgan fingerprint density at radius 1 is 0.724 bits per heavy atom. The lowest BCUT2D eigenvalue weighted by Gasteiger charge is -2.13. The molecule has 0 radical (unpaired) electrons. The predicted molar refractivity (Wildman–Crippen MR) is 118 cm³/mol. The standard InChI is InChI=1S/C11H20O2.C7H12O2.C5H8O2/c1-4-6-7-10(5-2)8-9(3)11(12)13;1-3-4-5-6(2)7(8)9;1-3-4(2)5(6)7/h10H,3-8H2,1-2H3,(H,12,13);2-5H2,1H3,(H,8,9);2-3H2,1H3,(H,6,7). The van der Waals surface area contributed by atoms with Crippen molar-refractivity contribution in [2.24, 2.45) is 5.92 Å². The van der Waals surface area contributed by atoms with Crippen LogP contribution in [-0.2, 0) is 14.4 Å². The van der Waals surface area contributed by atoms with Crippen LogP contribution in [0.25, 0.3) is 0 Å². The first-order valence-corrected chi connectivity index (χ1v) is 10.2. The van der Waals surface area contributed by atoms with Crippen LogP contribution < -0.4 is 0 Å². The fourth-order valence-electron chi connectivity index (χ4n) is 2.03. The molecule has 1 unspecified atom stereocenters. The third kappa shape index (κ3) is 21.8. The summed E-state index contributed by atoms with van der Waals surface area (Å²) < 4.78 is 0. The molecular weight excluding hydrogens is 372 g/mol. The third-order valence-electron chi connectivity index (χ3n) is 4.24. The molecule has 168 valence electrons. The first-order chi connectivity index (χ1) is 13.5. The van der Waals surface area contributed by atoms with Gasteiger partial charge in [0.25, 0.3) is 0 Å². The largest absolute Gasteiger partial charge is 0.478 e. The molecule has 0 aromatic carbocycles. The average Bonchev–Trinajstić information content (AvgIpc) is 2.68. The number of aliphatic carboxylic acids is 3. The lowest BCUT2D eigenvalue weighted by molar-refractivity contribution is -0.133. The number of carboxylic acid groups (broad SMARTS) is 3. The van der Waals surface area contributed by atoms with Gasteiger partial charge < -0.3 is 15.3 Å². The van der Waals surface area contributed by atoms with E-state index in [0.29, 0.717) is 36.3 Å². The predicted octanol–water partition coefficient (Wildman–Crippen LogP) is 6.09. The average molecular weight is 413 g/mol. The number of hydrogen-bond donors (Lipinski definition) is 3. The van der Waals surface area contributed by atoms with Gasteiger partial charge in [0, 0.05) is 16.7 Å². The first-order valence-electron chi connectivity index (χ1n) is 10.2. The minimum Gasteiger partial charge on any atom is -0.478 e. The number of unbranched alkanes of at least 4 members (excludes halogenated alkanes) is 2. The van der Waals surface area contributed by atoms with Gasteiger partial charge in [-0.3, -0.25) is 0 Å². The van der Waals surface area contributed by atoms with Crippen LogP contribution in [0.5, 0.6) is 0 Å². The molecule has 29 heavy (non-hydrogen) atoms. The molecule has 0 aliphatic carbocycles. The molecule has 6 heteroatoms. The highest BCUT2D eigenvalue weighted by Gasteiger charge is 2.11. The number of carboxylic acids is 3. The summed E-state index contributed by atoms with van der Waals surface area (Å²) >= 11 is 0. The van der Waals surface area contributed by atoms with E-state index in [0.717, 1.165) is 25.7 Å². The SMILES string of the molecule is C=C(CC(CC)CCCC)C(=O)O.C=C(CC)C(=O)O.C=C(CCCC)C(=O)O. The fraction of sp³-hybridized carbons (Fsp3) is 0.609. The Bertz CT molecular complexity index is 533. The van der Waals surface area contributed by atoms with E-state index in [1.54, 1.807) is 6.92 Å². The number of hydrogen-bond acceptors (Lipinski definition) is 3. The summed E-state index contributed by atoms with van der Waals surface area (Å²) in [6.45, 7) is 18.3. The van der Waals surface area contributed by atoms with Gasteiger partial charge in [-0.25, -0.2) is 14.4 Å². The van der Waals surface area contributed by atoms with Gasteiger partial charge in [0.2, 0.25) is 0 Å². The second-order valence-electron chi connectivity index (χ2n) is 6.80. The molecule has 0 amide bonds. The van der Waals surface area contributed by atoms with Crippen LogP contribution in [-0.4, -0.2) is 33.2 Å². The minimum atomic E-state index is -0.900. The Morgan fingerprint density at radius 2 is 1.17 bits per heavy atom. The number of rotatable bonds is 13. The van der Waals surface area contributed by atoms with Crippen molar-refractivity contribution in [3.63, 3.8) is 0 Å². The van der Waals surface area contributed by atoms with Crippen LogP contribution >= 0.6 is 0 Å². The second-order valence-corrected chi connectivity index (χ2v) is 6.80. The molecule has 0 rings (SSSR count). The molecule has 0 spiro atoms. The van der Waals surface area contributed by atoms with E-state index in [1.165, 1.54) is 12.8 Å². The minimum absolute atomic E-state index is 0.264. The van der Waals surface area contributed by atoms with E-state index in [9.17, 15) is 14.4 Å². The smallest absolute Gasteiger partial charge is 0.330 e. The molecule has 6 nitrogen and oxygen atoms in total. The molecule has 0 bridgehead atoms. The van der Waals surface area contributed by atoms with Gasteiger partial charge in [-0.1, -0.05) is 79.5 Å². The monoisotopic (exact) mass is 412 g/mol. The molecule has 0 aliphatic rings. The van der Waals surface area contributed by atoms with Gasteiger partial charge >= 0.3 is 17.9 Å². The molecule has 1 atom stereocenters. The summed E-state index contributed by atoms with van der Waals surface area (Å²) in [7, 11) is 0. The van der Waals surface area contributed by atoms with E-state index in [-0.39, 0.29) is 5.57 Å². The van der Waals surface area contributed by atoms with Crippen LogP contribution in [0, 0.1) is 5.92 Å². The molecule has 0 heterocycles. The summed E-state index contributed by atoms with van der Waals surface area (Å²) in [5.74, 6) is -2.12. The van der Waals surface area contributed by atoms with Crippen molar-refractivity contribution < 1.29 is 29.7 Å². The van der Waals surface area contributed by atoms with Gasteiger partial charge in [0.15, 0.2) is 0 Å². The van der Waals surface area contributed by atoms with E-state index in [2.05, 4.69) is 33.6 Å². The maximum atomic E-state index is 10.5.